The number of hydrogen-bond acceptors (Lipinski definition) is 5. The third-order valence-corrected chi connectivity index (χ3v) is 10.6. The number of imidazole rings is 2. The van der Waals surface area contributed by atoms with E-state index < -0.39 is 0 Å². The smallest absolute Gasteiger partial charge is 0.123 e. The Morgan fingerprint density at radius 2 is 1.17 bits per heavy atom. The Morgan fingerprint density at radius 3 is 1.68 bits per heavy atom. The summed E-state index contributed by atoms with van der Waals surface area (Å²) in [5, 5.41) is 7.10. The van der Waals surface area contributed by atoms with Crippen LogP contribution in [-0.4, -0.2) is 39.6 Å². The Bertz CT molecular complexity index is 1680. The SMILES string of the molecule is CC(C)(C)c1ccc(C2C(c3ccc(-c4cnc([C@@H]5CCCN5)[nH]4)cc3)CCN2c2ccc(-c3cnc([C@@H]4CCCN4)[nH]3)cc2)cc1. The second kappa shape index (κ2) is 12.4. The van der Waals surface area contributed by atoms with Gasteiger partial charge in [0.15, 0.2) is 0 Å². The third kappa shape index (κ3) is 6.03. The number of aromatic nitrogens is 4. The summed E-state index contributed by atoms with van der Waals surface area (Å²) in [5.41, 5.74) is 10.1. The molecule has 2 aromatic heterocycles. The highest BCUT2D eigenvalue weighted by Crippen LogP contribution is 2.47. The molecule has 8 rings (SSSR count). The summed E-state index contributed by atoms with van der Waals surface area (Å²) >= 11 is 0. The van der Waals surface area contributed by atoms with Crippen LogP contribution in [0.15, 0.2) is 85.2 Å². The molecule has 3 saturated heterocycles. The van der Waals surface area contributed by atoms with Gasteiger partial charge in [0.25, 0.3) is 0 Å². The minimum atomic E-state index is 0.125. The van der Waals surface area contributed by atoms with Crippen LogP contribution in [0.4, 0.5) is 5.69 Å². The van der Waals surface area contributed by atoms with Crippen molar-refractivity contribution in [3.8, 4) is 22.5 Å². The number of nitrogens with one attached hydrogen (secondary N) is 4. The summed E-state index contributed by atoms with van der Waals surface area (Å²) < 4.78 is 0. The van der Waals surface area contributed by atoms with Gasteiger partial charge in [-0.1, -0.05) is 81.4 Å². The number of H-pyrrole nitrogens is 2. The van der Waals surface area contributed by atoms with Gasteiger partial charge in [0, 0.05) is 18.2 Å². The molecule has 2 unspecified atom stereocenters. The lowest BCUT2D eigenvalue weighted by molar-refractivity contribution is 0.587. The van der Waals surface area contributed by atoms with Gasteiger partial charge in [-0.3, -0.25) is 0 Å². The Labute approximate surface area is 278 Å². The summed E-state index contributed by atoms with van der Waals surface area (Å²) in [6.07, 6.45) is 9.78. The molecule has 5 heterocycles. The number of nitrogens with zero attached hydrogens (tertiary/aromatic N) is 3. The van der Waals surface area contributed by atoms with E-state index >= 15 is 0 Å². The molecule has 0 radical (unpaired) electrons. The van der Waals surface area contributed by atoms with Crippen molar-refractivity contribution < 1.29 is 0 Å². The van der Waals surface area contributed by atoms with E-state index in [0.29, 0.717) is 18.0 Å². The van der Waals surface area contributed by atoms with E-state index in [1.54, 1.807) is 0 Å². The number of aromatic amines is 2. The highest BCUT2D eigenvalue weighted by Gasteiger charge is 2.37. The molecule has 3 aliphatic rings. The lowest BCUT2D eigenvalue weighted by atomic mass is 9.83. The largest absolute Gasteiger partial charge is 0.364 e. The van der Waals surface area contributed by atoms with E-state index in [2.05, 4.69) is 119 Å². The molecule has 242 valence electrons. The van der Waals surface area contributed by atoms with Crippen molar-refractivity contribution in [1.29, 1.82) is 0 Å². The minimum absolute atomic E-state index is 0.125. The van der Waals surface area contributed by atoms with E-state index in [0.717, 1.165) is 61.9 Å². The van der Waals surface area contributed by atoms with Crippen molar-refractivity contribution in [3.63, 3.8) is 0 Å². The summed E-state index contributed by atoms with van der Waals surface area (Å²) in [6, 6.07) is 28.6. The second-order valence-corrected chi connectivity index (χ2v) is 14.7. The van der Waals surface area contributed by atoms with E-state index in [-0.39, 0.29) is 11.5 Å². The molecule has 7 heteroatoms. The lowest BCUT2D eigenvalue weighted by Gasteiger charge is -2.31. The van der Waals surface area contributed by atoms with E-state index in [1.165, 1.54) is 46.3 Å². The average molecular weight is 626 g/mol. The van der Waals surface area contributed by atoms with Crippen molar-refractivity contribution >= 4 is 5.69 Å². The Hall–Kier alpha value is -4.20. The van der Waals surface area contributed by atoms with Crippen LogP contribution in [0.3, 0.4) is 0 Å². The quantitative estimate of drug-likeness (QED) is 0.146. The standard InChI is InChI=1S/C40H47N7/c1-40(2,3)30-16-12-29(13-17-30)37-32(26-8-10-27(11-9-26)35-24-43-38(45-35)33-6-4-21-41-33)20-23-47(37)31-18-14-28(15-19-31)36-25-44-39(46-36)34-7-5-22-42-34/h8-19,24-25,32-34,37,41-42H,4-7,20-23H2,1-3H3,(H,43,45)(H,44,46)/t32?,33-,34-,37?/m0/s1. The summed E-state index contributed by atoms with van der Waals surface area (Å²) in [6.45, 7) is 10.0. The van der Waals surface area contributed by atoms with E-state index in [9.17, 15) is 0 Å². The van der Waals surface area contributed by atoms with Crippen LogP contribution in [-0.2, 0) is 5.41 Å². The molecular formula is C40H47N7. The van der Waals surface area contributed by atoms with Gasteiger partial charge in [-0.05, 0) is 90.6 Å². The number of benzene rings is 3. The average Bonchev–Trinajstić information content (AvgIpc) is 3.94. The maximum Gasteiger partial charge on any atom is 0.123 e. The Morgan fingerprint density at radius 1 is 0.638 bits per heavy atom. The molecular weight excluding hydrogens is 578 g/mol. The van der Waals surface area contributed by atoms with Crippen LogP contribution in [0.25, 0.3) is 22.5 Å². The molecule has 0 spiro atoms. The Kier molecular flexibility index (Phi) is 7.98. The summed E-state index contributed by atoms with van der Waals surface area (Å²) in [7, 11) is 0. The molecule has 0 amide bonds. The lowest BCUT2D eigenvalue weighted by Crippen LogP contribution is -2.25. The van der Waals surface area contributed by atoms with Crippen LogP contribution in [0.1, 0.15) is 105 Å². The number of hydrogen-bond donors (Lipinski definition) is 4. The van der Waals surface area contributed by atoms with Gasteiger partial charge in [-0.2, -0.15) is 0 Å². The zero-order valence-corrected chi connectivity index (χ0v) is 27.9. The van der Waals surface area contributed by atoms with Crippen molar-refractivity contribution in [2.24, 2.45) is 0 Å². The molecule has 0 aliphatic carbocycles. The van der Waals surface area contributed by atoms with Crippen LogP contribution < -0.4 is 15.5 Å². The molecule has 47 heavy (non-hydrogen) atoms. The van der Waals surface area contributed by atoms with E-state index in [4.69, 9.17) is 9.97 Å². The first-order chi connectivity index (χ1) is 22.9. The van der Waals surface area contributed by atoms with Crippen LogP contribution in [0.2, 0.25) is 0 Å². The zero-order chi connectivity index (χ0) is 32.0. The molecule has 4 atom stereocenters. The molecule has 3 aromatic carbocycles. The molecule has 7 nitrogen and oxygen atoms in total. The van der Waals surface area contributed by atoms with Gasteiger partial charge < -0.3 is 25.5 Å². The molecule has 3 aliphatic heterocycles. The first-order valence-corrected chi connectivity index (χ1v) is 17.6. The first-order valence-electron chi connectivity index (χ1n) is 17.6. The topological polar surface area (TPSA) is 84.7 Å². The maximum atomic E-state index is 4.71. The van der Waals surface area contributed by atoms with Crippen molar-refractivity contribution in [2.45, 2.75) is 82.3 Å². The summed E-state index contributed by atoms with van der Waals surface area (Å²) in [4.78, 5) is 19.2. The van der Waals surface area contributed by atoms with Crippen molar-refractivity contribution in [2.75, 3.05) is 24.5 Å². The first kappa shape index (κ1) is 30.2. The number of rotatable bonds is 7. The van der Waals surface area contributed by atoms with Gasteiger partial charge in [-0.25, -0.2) is 9.97 Å². The fourth-order valence-electron chi connectivity index (χ4n) is 7.92. The maximum absolute atomic E-state index is 4.71. The fraction of sp³-hybridized carbons (Fsp3) is 0.400. The van der Waals surface area contributed by atoms with Crippen LogP contribution >= 0.6 is 0 Å². The monoisotopic (exact) mass is 625 g/mol. The second-order valence-electron chi connectivity index (χ2n) is 14.7. The molecule has 0 saturated carbocycles. The predicted octanol–water partition coefficient (Wildman–Crippen LogP) is 8.35. The summed E-state index contributed by atoms with van der Waals surface area (Å²) in [5.74, 6) is 2.49. The van der Waals surface area contributed by atoms with Crippen molar-refractivity contribution in [1.82, 2.24) is 30.6 Å². The van der Waals surface area contributed by atoms with Gasteiger partial charge >= 0.3 is 0 Å². The fourth-order valence-corrected chi connectivity index (χ4v) is 7.92. The van der Waals surface area contributed by atoms with Crippen LogP contribution in [0, 0.1) is 0 Å². The van der Waals surface area contributed by atoms with Gasteiger partial charge in [0.2, 0.25) is 0 Å². The highest BCUT2D eigenvalue weighted by atomic mass is 15.2. The van der Waals surface area contributed by atoms with E-state index in [1.807, 2.05) is 12.4 Å². The number of anilines is 1. The zero-order valence-electron chi connectivity index (χ0n) is 27.9. The minimum Gasteiger partial charge on any atom is -0.364 e. The highest BCUT2D eigenvalue weighted by molar-refractivity contribution is 5.64. The predicted molar refractivity (Wildman–Crippen MR) is 191 cm³/mol. The molecule has 0 bridgehead atoms. The third-order valence-electron chi connectivity index (χ3n) is 10.6. The molecule has 3 fully saturated rings. The molecule has 4 N–H and O–H groups in total. The van der Waals surface area contributed by atoms with Gasteiger partial charge in [0.1, 0.15) is 11.6 Å². The molecule has 5 aromatic rings. The van der Waals surface area contributed by atoms with Gasteiger partial charge in [-0.15, -0.1) is 0 Å². The van der Waals surface area contributed by atoms with Gasteiger partial charge in [0.05, 0.1) is 41.9 Å². The van der Waals surface area contributed by atoms with Crippen LogP contribution in [0.5, 0.6) is 0 Å². The normalized spacial score (nSPS) is 23.2. The van der Waals surface area contributed by atoms with Crippen molar-refractivity contribution in [3.05, 3.63) is 114 Å². The Balaban J connectivity index is 1.07.